The molecule has 1 heterocycles. The standard InChI is InChI=1S/C16H16FNO5S/c17-13-3-1-2-4-14(13)21-8-7-18-24(19,20)12-5-6-15-16(11-12)23-10-9-22-15/h1-6,11,18H,7-10H2. The summed E-state index contributed by atoms with van der Waals surface area (Å²) in [5, 5.41) is 0. The fourth-order valence-electron chi connectivity index (χ4n) is 2.17. The van der Waals surface area contributed by atoms with Crippen molar-refractivity contribution in [2.45, 2.75) is 4.90 Å². The van der Waals surface area contributed by atoms with Gasteiger partial charge in [0.15, 0.2) is 23.1 Å². The molecule has 0 amide bonds. The molecule has 0 radical (unpaired) electrons. The number of para-hydroxylation sites is 1. The molecule has 0 aliphatic carbocycles. The van der Waals surface area contributed by atoms with Crippen molar-refractivity contribution in [1.29, 1.82) is 0 Å². The highest BCUT2D eigenvalue weighted by molar-refractivity contribution is 7.89. The highest BCUT2D eigenvalue weighted by Gasteiger charge is 2.19. The van der Waals surface area contributed by atoms with E-state index in [0.717, 1.165) is 0 Å². The third-order valence-corrected chi connectivity index (χ3v) is 4.77. The average Bonchev–Trinajstić information content (AvgIpc) is 2.59. The minimum atomic E-state index is -3.72. The Bertz CT molecular complexity index is 825. The van der Waals surface area contributed by atoms with Crippen molar-refractivity contribution in [2.24, 2.45) is 0 Å². The van der Waals surface area contributed by atoms with Crippen LogP contribution in [0.25, 0.3) is 0 Å². The van der Waals surface area contributed by atoms with E-state index in [0.29, 0.717) is 24.7 Å². The summed E-state index contributed by atoms with van der Waals surface area (Å²) in [6.07, 6.45) is 0. The highest BCUT2D eigenvalue weighted by atomic mass is 32.2. The number of fused-ring (bicyclic) bond motifs is 1. The molecule has 2 aromatic carbocycles. The largest absolute Gasteiger partial charge is 0.489 e. The van der Waals surface area contributed by atoms with Crippen molar-refractivity contribution in [1.82, 2.24) is 4.72 Å². The van der Waals surface area contributed by atoms with E-state index < -0.39 is 15.8 Å². The number of rotatable bonds is 6. The first-order valence-corrected chi connectivity index (χ1v) is 8.81. The van der Waals surface area contributed by atoms with Crippen LogP contribution in [0.15, 0.2) is 47.4 Å². The quantitative estimate of drug-likeness (QED) is 0.804. The zero-order valence-corrected chi connectivity index (χ0v) is 13.5. The molecule has 0 saturated heterocycles. The first-order valence-electron chi connectivity index (χ1n) is 7.33. The Hall–Kier alpha value is -2.32. The lowest BCUT2D eigenvalue weighted by molar-refractivity contribution is 0.171. The minimum Gasteiger partial charge on any atom is -0.489 e. The molecule has 0 aromatic heterocycles. The predicted molar refractivity (Wildman–Crippen MR) is 84.5 cm³/mol. The Kier molecular flexibility index (Phi) is 4.86. The second-order valence-corrected chi connectivity index (χ2v) is 6.75. The van der Waals surface area contributed by atoms with Crippen LogP contribution in [0.3, 0.4) is 0 Å². The average molecular weight is 353 g/mol. The fourth-order valence-corrected chi connectivity index (χ4v) is 3.20. The zero-order valence-electron chi connectivity index (χ0n) is 12.7. The van der Waals surface area contributed by atoms with E-state index in [1.165, 1.54) is 24.3 Å². The third kappa shape index (κ3) is 3.77. The van der Waals surface area contributed by atoms with Crippen LogP contribution >= 0.6 is 0 Å². The lowest BCUT2D eigenvalue weighted by Crippen LogP contribution is -2.28. The van der Waals surface area contributed by atoms with Crippen LogP contribution in [0, 0.1) is 5.82 Å². The minimum absolute atomic E-state index is 0.00468. The number of hydrogen-bond acceptors (Lipinski definition) is 5. The number of hydrogen-bond donors (Lipinski definition) is 1. The van der Waals surface area contributed by atoms with Gasteiger partial charge in [0.2, 0.25) is 10.0 Å². The van der Waals surface area contributed by atoms with Gasteiger partial charge in [0.1, 0.15) is 19.8 Å². The smallest absolute Gasteiger partial charge is 0.240 e. The van der Waals surface area contributed by atoms with Gasteiger partial charge in [-0.15, -0.1) is 0 Å². The Morgan fingerprint density at radius 1 is 1.08 bits per heavy atom. The van der Waals surface area contributed by atoms with Gasteiger partial charge in [-0.3, -0.25) is 0 Å². The van der Waals surface area contributed by atoms with Crippen LogP contribution in [-0.4, -0.2) is 34.8 Å². The Labute approximate surface area is 139 Å². The first kappa shape index (κ1) is 16.5. The molecule has 6 nitrogen and oxygen atoms in total. The summed E-state index contributed by atoms with van der Waals surface area (Å²) in [4.78, 5) is 0.0673. The normalized spacial score (nSPS) is 13.5. The molecule has 3 rings (SSSR count). The molecule has 1 aliphatic heterocycles. The molecular weight excluding hydrogens is 337 g/mol. The van der Waals surface area contributed by atoms with E-state index in [1.54, 1.807) is 18.2 Å². The number of halogens is 1. The van der Waals surface area contributed by atoms with Crippen LogP contribution < -0.4 is 18.9 Å². The highest BCUT2D eigenvalue weighted by Crippen LogP contribution is 2.32. The van der Waals surface area contributed by atoms with Gasteiger partial charge >= 0.3 is 0 Å². The van der Waals surface area contributed by atoms with Crippen molar-refractivity contribution < 1.29 is 27.0 Å². The van der Waals surface area contributed by atoms with Gasteiger partial charge in [-0.2, -0.15) is 0 Å². The number of ether oxygens (including phenoxy) is 3. The lowest BCUT2D eigenvalue weighted by Gasteiger charge is -2.19. The van der Waals surface area contributed by atoms with Crippen LogP contribution in [0.5, 0.6) is 17.2 Å². The van der Waals surface area contributed by atoms with Crippen molar-refractivity contribution >= 4 is 10.0 Å². The molecule has 0 atom stereocenters. The Morgan fingerprint density at radius 3 is 2.62 bits per heavy atom. The maximum Gasteiger partial charge on any atom is 0.240 e. The number of nitrogens with one attached hydrogen (secondary N) is 1. The number of benzene rings is 2. The van der Waals surface area contributed by atoms with E-state index in [-0.39, 0.29) is 23.8 Å². The molecule has 1 aliphatic rings. The van der Waals surface area contributed by atoms with E-state index in [1.807, 2.05) is 0 Å². The van der Waals surface area contributed by atoms with Crippen molar-refractivity contribution in [3.8, 4) is 17.2 Å². The van der Waals surface area contributed by atoms with Crippen LogP contribution in [0.2, 0.25) is 0 Å². The van der Waals surface area contributed by atoms with E-state index >= 15 is 0 Å². The molecular formula is C16H16FNO5S. The number of sulfonamides is 1. The second kappa shape index (κ2) is 7.06. The van der Waals surface area contributed by atoms with Crippen molar-refractivity contribution in [3.63, 3.8) is 0 Å². The molecule has 0 bridgehead atoms. The zero-order chi connectivity index (χ0) is 17.0. The maximum atomic E-state index is 13.4. The molecule has 24 heavy (non-hydrogen) atoms. The van der Waals surface area contributed by atoms with Gasteiger partial charge in [0, 0.05) is 12.6 Å². The van der Waals surface area contributed by atoms with Crippen LogP contribution in [0.4, 0.5) is 4.39 Å². The molecule has 128 valence electrons. The monoisotopic (exact) mass is 353 g/mol. The Morgan fingerprint density at radius 2 is 1.83 bits per heavy atom. The SMILES string of the molecule is O=S(=O)(NCCOc1ccccc1F)c1ccc2c(c1)OCCO2. The summed E-state index contributed by atoms with van der Waals surface area (Å²) in [6.45, 7) is 0.820. The molecule has 1 N–H and O–H groups in total. The molecule has 2 aromatic rings. The van der Waals surface area contributed by atoms with Crippen molar-refractivity contribution in [2.75, 3.05) is 26.4 Å². The first-order chi connectivity index (χ1) is 11.6. The molecule has 0 saturated carbocycles. The molecule has 0 spiro atoms. The third-order valence-electron chi connectivity index (χ3n) is 3.31. The molecule has 8 heteroatoms. The lowest BCUT2D eigenvalue weighted by atomic mass is 10.3. The van der Waals surface area contributed by atoms with Gasteiger partial charge in [-0.05, 0) is 24.3 Å². The second-order valence-electron chi connectivity index (χ2n) is 4.98. The summed E-state index contributed by atoms with van der Waals surface area (Å²) in [5.74, 6) is 0.498. The van der Waals surface area contributed by atoms with Crippen LogP contribution in [0.1, 0.15) is 0 Å². The topological polar surface area (TPSA) is 73.9 Å². The van der Waals surface area contributed by atoms with Gasteiger partial charge in [0.25, 0.3) is 0 Å². The Balaban J connectivity index is 1.59. The van der Waals surface area contributed by atoms with Gasteiger partial charge in [-0.1, -0.05) is 12.1 Å². The van der Waals surface area contributed by atoms with E-state index in [4.69, 9.17) is 14.2 Å². The summed E-state index contributed by atoms with van der Waals surface area (Å²) in [7, 11) is -3.72. The van der Waals surface area contributed by atoms with Gasteiger partial charge in [-0.25, -0.2) is 17.5 Å². The van der Waals surface area contributed by atoms with Gasteiger partial charge < -0.3 is 14.2 Å². The molecule has 0 fully saturated rings. The summed E-state index contributed by atoms with van der Waals surface area (Å²) in [6, 6.07) is 10.3. The fraction of sp³-hybridized carbons (Fsp3) is 0.250. The van der Waals surface area contributed by atoms with Crippen LogP contribution in [-0.2, 0) is 10.0 Å². The summed E-state index contributed by atoms with van der Waals surface area (Å²) < 4.78 is 56.2. The maximum absolute atomic E-state index is 13.4. The van der Waals surface area contributed by atoms with E-state index in [2.05, 4.69) is 4.72 Å². The predicted octanol–water partition coefficient (Wildman–Crippen LogP) is 1.95. The summed E-state index contributed by atoms with van der Waals surface area (Å²) >= 11 is 0. The molecule has 0 unspecified atom stereocenters. The van der Waals surface area contributed by atoms with Crippen molar-refractivity contribution in [3.05, 3.63) is 48.3 Å². The van der Waals surface area contributed by atoms with Gasteiger partial charge in [0.05, 0.1) is 4.90 Å². The summed E-state index contributed by atoms with van der Waals surface area (Å²) in [5.41, 5.74) is 0. The van der Waals surface area contributed by atoms with E-state index in [9.17, 15) is 12.8 Å².